The van der Waals surface area contributed by atoms with Crippen LogP contribution < -0.4 is 4.74 Å². The Balaban J connectivity index is 1.95. The van der Waals surface area contributed by atoms with Gasteiger partial charge >= 0.3 is 0 Å². The number of hydrogen-bond acceptors (Lipinski definition) is 5. The van der Waals surface area contributed by atoms with E-state index in [0.29, 0.717) is 11.0 Å². The summed E-state index contributed by atoms with van der Waals surface area (Å²) in [5.41, 5.74) is 0. The van der Waals surface area contributed by atoms with Crippen molar-refractivity contribution < 1.29 is 23.1 Å². The maximum Gasteiger partial charge on any atom is 0.247 e. The molecule has 0 bridgehead atoms. The molecular formula is C20H29BrN2O5S. The zero-order chi connectivity index (χ0) is 21.3. The molecule has 1 aromatic carbocycles. The fourth-order valence-electron chi connectivity index (χ4n) is 3.74. The quantitative estimate of drug-likeness (QED) is 0.687. The maximum atomic E-state index is 13.3. The Bertz CT molecular complexity index is 858. The van der Waals surface area contributed by atoms with Crippen LogP contribution in [0.25, 0.3) is 0 Å². The van der Waals surface area contributed by atoms with Crippen LogP contribution in [0, 0.1) is 11.8 Å². The van der Waals surface area contributed by atoms with Gasteiger partial charge in [0.1, 0.15) is 16.7 Å². The number of halogens is 1. The molecule has 3 atom stereocenters. The van der Waals surface area contributed by atoms with Crippen molar-refractivity contribution in [3.8, 4) is 5.75 Å². The number of sulfonamides is 1. The molecule has 1 aromatic rings. The van der Waals surface area contributed by atoms with Crippen LogP contribution in [0.15, 0.2) is 27.6 Å². The number of benzene rings is 1. The van der Waals surface area contributed by atoms with Crippen LogP contribution in [0.2, 0.25) is 0 Å². The summed E-state index contributed by atoms with van der Waals surface area (Å²) in [5, 5.41) is 9.64. The lowest BCUT2D eigenvalue weighted by molar-refractivity contribution is -0.138. The lowest BCUT2D eigenvalue weighted by atomic mass is 9.84. The molecule has 0 spiro atoms. The molecule has 7 nitrogen and oxygen atoms in total. The minimum absolute atomic E-state index is 0.0749. The van der Waals surface area contributed by atoms with E-state index in [-0.39, 0.29) is 47.6 Å². The van der Waals surface area contributed by atoms with Gasteiger partial charge in [-0.05, 0) is 38.0 Å². The summed E-state index contributed by atoms with van der Waals surface area (Å²) in [6.07, 6.45) is 2.58. The summed E-state index contributed by atoms with van der Waals surface area (Å²) < 4.78 is 34.8. The van der Waals surface area contributed by atoms with E-state index in [2.05, 4.69) is 15.9 Å². The summed E-state index contributed by atoms with van der Waals surface area (Å²) in [7, 11) is -2.05. The van der Waals surface area contributed by atoms with Gasteiger partial charge in [-0.2, -0.15) is 4.31 Å². The van der Waals surface area contributed by atoms with E-state index < -0.39 is 16.1 Å². The van der Waals surface area contributed by atoms with Gasteiger partial charge in [-0.25, -0.2) is 8.42 Å². The fraction of sp³-hybridized carbons (Fsp3) is 0.650. The molecule has 1 fully saturated rings. The van der Waals surface area contributed by atoms with E-state index in [1.54, 1.807) is 31.0 Å². The number of fused-ring (bicyclic) bond motifs is 1. The molecule has 1 aliphatic heterocycles. The number of likely N-dealkylation sites (N-methyl/N-ethyl adjacent to an activating group) is 1. The molecule has 1 N–H and O–H groups in total. The van der Waals surface area contributed by atoms with Crippen molar-refractivity contribution in [3.63, 3.8) is 0 Å². The van der Waals surface area contributed by atoms with E-state index in [1.165, 1.54) is 10.4 Å². The molecule has 162 valence electrons. The Morgan fingerprint density at radius 1 is 1.41 bits per heavy atom. The van der Waals surface area contributed by atoms with E-state index in [0.717, 1.165) is 19.3 Å². The van der Waals surface area contributed by atoms with E-state index in [4.69, 9.17) is 4.74 Å². The lowest BCUT2D eigenvalue weighted by Crippen LogP contribution is -2.50. The first-order valence-corrected chi connectivity index (χ1v) is 12.2. The summed E-state index contributed by atoms with van der Waals surface area (Å²) in [4.78, 5) is 14.4. The largest absolute Gasteiger partial charge is 0.487 e. The number of carbonyl (C=O) groups is 1. The third kappa shape index (κ3) is 4.62. The van der Waals surface area contributed by atoms with Crippen molar-refractivity contribution in [2.45, 2.75) is 50.2 Å². The Labute approximate surface area is 181 Å². The van der Waals surface area contributed by atoms with Crippen LogP contribution in [-0.2, 0) is 14.8 Å². The number of carbonyl (C=O) groups excluding carboxylic acids is 1. The molecule has 9 heteroatoms. The molecule has 1 amide bonds. The predicted octanol–water partition coefficient (Wildman–Crippen LogP) is 2.48. The predicted molar refractivity (Wildman–Crippen MR) is 113 cm³/mol. The highest BCUT2D eigenvalue weighted by Crippen LogP contribution is 2.35. The van der Waals surface area contributed by atoms with Gasteiger partial charge in [-0.15, -0.1) is 0 Å². The summed E-state index contributed by atoms with van der Waals surface area (Å²) >= 11 is 3.38. The molecule has 0 radical (unpaired) electrons. The van der Waals surface area contributed by atoms with E-state index in [1.807, 2.05) is 6.92 Å². The van der Waals surface area contributed by atoms with Crippen LogP contribution >= 0.6 is 15.9 Å². The number of aliphatic hydroxyl groups excluding tert-OH is 1. The Morgan fingerprint density at radius 2 is 2.10 bits per heavy atom. The molecule has 1 aliphatic carbocycles. The summed E-state index contributed by atoms with van der Waals surface area (Å²) in [6, 6.07) is 4.26. The Morgan fingerprint density at radius 3 is 2.69 bits per heavy atom. The second kappa shape index (κ2) is 8.91. The Kier molecular flexibility index (Phi) is 6.92. The molecule has 0 saturated heterocycles. The molecule has 0 aromatic heterocycles. The van der Waals surface area contributed by atoms with Crippen molar-refractivity contribution in [2.75, 3.05) is 26.7 Å². The van der Waals surface area contributed by atoms with Gasteiger partial charge < -0.3 is 14.7 Å². The van der Waals surface area contributed by atoms with Gasteiger partial charge in [0.15, 0.2) is 0 Å². The van der Waals surface area contributed by atoms with E-state index >= 15 is 0 Å². The maximum absolute atomic E-state index is 13.3. The molecule has 0 unspecified atom stereocenters. The summed E-state index contributed by atoms with van der Waals surface area (Å²) in [5.74, 6) is 0.298. The first-order valence-electron chi connectivity index (χ1n) is 9.99. The average Bonchev–Trinajstić information content (AvgIpc) is 2.62. The Hall–Kier alpha value is -1.16. The molecule has 29 heavy (non-hydrogen) atoms. The van der Waals surface area contributed by atoms with Crippen molar-refractivity contribution in [2.24, 2.45) is 11.8 Å². The van der Waals surface area contributed by atoms with Gasteiger partial charge in [0.2, 0.25) is 15.9 Å². The molecule has 1 saturated carbocycles. The smallest absolute Gasteiger partial charge is 0.247 e. The number of aliphatic hydroxyl groups is 1. The van der Waals surface area contributed by atoms with Crippen LogP contribution in [0.4, 0.5) is 0 Å². The first kappa shape index (κ1) is 22.5. The van der Waals surface area contributed by atoms with Gasteiger partial charge in [0.25, 0.3) is 0 Å². The van der Waals surface area contributed by atoms with E-state index in [9.17, 15) is 18.3 Å². The average molecular weight is 489 g/mol. The van der Waals surface area contributed by atoms with Gasteiger partial charge in [-0.3, -0.25) is 4.79 Å². The SMILES string of the molecule is C[C@@H]1CN([C@H](C)CO)S(=O)(=O)c2ccc(Br)cc2O[C@H]1CN(C)C(=O)C1CCC1. The van der Waals surface area contributed by atoms with Crippen LogP contribution in [-0.4, -0.2) is 67.5 Å². The van der Waals surface area contributed by atoms with Crippen molar-refractivity contribution in [1.29, 1.82) is 0 Å². The molecule has 2 aliphatic rings. The number of hydrogen-bond donors (Lipinski definition) is 1. The highest BCUT2D eigenvalue weighted by Gasteiger charge is 2.39. The summed E-state index contributed by atoms with van der Waals surface area (Å²) in [6.45, 7) is 3.91. The van der Waals surface area contributed by atoms with Crippen LogP contribution in [0.5, 0.6) is 5.75 Å². The van der Waals surface area contributed by atoms with Crippen molar-refractivity contribution in [3.05, 3.63) is 22.7 Å². The second-order valence-corrected chi connectivity index (χ2v) is 11.0. The standard InChI is InChI=1S/C20H29BrN2O5S/c1-13-10-23(14(2)12-24)29(26,27)19-8-7-16(21)9-17(19)28-18(13)11-22(3)20(25)15-5-4-6-15/h7-9,13-15,18,24H,4-6,10-12H2,1-3H3/t13-,14-,18+/m1/s1. The van der Waals surface area contributed by atoms with Crippen LogP contribution in [0.1, 0.15) is 33.1 Å². The minimum Gasteiger partial charge on any atom is -0.487 e. The molecular weight excluding hydrogens is 460 g/mol. The molecule has 1 heterocycles. The monoisotopic (exact) mass is 488 g/mol. The number of rotatable bonds is 5. The fourth-order valence-corrected chi connectivity index (χ4v) is 5.91. The zero-order valence-electron chi connectivity index (χ0n) is 17.0. The van der Waals surface area contributed by atoms with Crippen LogP contribution in [0.3, 0.4) is 0 Å². The third-order valence-electron chi connectivity index (χ3n) is 5.91. The molecule has 3 rings (SSSR count). The second-order valence-electron chi connectivity index (χ2n) is 8.18. The third-order valence-corrected chi connectivity index (χ3v) is 8.43. The first-order chi connectivity index (χ1) is 13.6. The highest BCUT2D eigenvalue weighted by molar-refractivity contribution is 9.10. The minimum atomic E-state index is -3.83. The number of nitrogens with zero attached hydrogens (tertiary/aromatic N) is 2. The van der Waals surface area contributed by atoms with Gasteiger partial charge in [-0.1, -0.05) is 29.3 Å². The lowest BCUT2D eigenvalue weighted by Gasteiger charge is -2.38. The number of amides is 1. The van der Waals surface area contributed by atoms with Gasteiger partial charge in [0, 0.05) is 35.9 Å². The van der Waals surface area contributed by atoms with Crippen molar-refractivity contribution in [1.82, 2.24) is 9.21 Å². The topological polar surface area (TPSA) is 87.2 Å². The normalized spacial score (nSPS) is 25.7. The van der Waals surface area contributed by atoms with Gasteiger partial charge in [0.05, 0.1) is 13.2 Å². The van der Waals surface area contributed by atoms with Crippen molar-refractivity contribution >= 4 is 31.9 Å². The number of ether oxygens (including phenoxy) is 1. The highest BCUT2D eigenvalue weighted by atomic mass is 79.9. The zero-order valence-corrected chi connectivity index (χ0v) is 19.4.